The Morgan fingerprint density at radius 3 is 2.62 bits per heavy atom. The van der Waals surface area contributed by atoms with Crippen LogP contribution in [0, 0.1) is 6.92 Å². The quantitative estimate of drug-likeness (QED) is 0.744. The van der Waals surface area contributed by atoms with Crippen LogP contribution in [-0.4, -0.2) is 61.4 Å². The minimum Gasteiger partial charge on any atom is -0.444 e. The number of ether oxygens (including phenoxy) is 1. The van der Waals surface area contributed by atoms with Gasteiger partial charge in [-0.25, -0.2) is 4.79 Å². The van der Waals surface area contributed by atoms with Crippen LogP contribution in [0.15, 0.2) is 48.2 Å². The highest BCUT2D eigenvalue weighted by atomic mass is 16.6. The predicted octanol–water partition coefficient (Wildman–Crippen LogP) is 3.87. The summed E-state index contributed by atoms with van der Waals surface area (Å²) in [4.78, 5) is 16.8. The number of amides is 1. The van der Waals surface area contributed by atoms with Crippen molar-refractivity contribution in [3.63, 3.8) is 0 Å². The van der Waals surface area contributed by atoms with Crippen molar-refractivity contribution in [3.8, 4) is 0 Å². The van der Waals surface area contributed by atoms with Crippen molar-refractivity contribution in [3.05, 3.63) is 65.4 Å². The molecule has 0 radical (unpaired) electrons. The molecule has 4 heterocycles. The third-order valence-corrected chi connectivity index (χ3v) is 6.71. The molecule has 1 aromatic heterocycles. The predicted molar refractivity (Wildman–Crippen MR) is 131 cm³/mol. The monoisotopic (exact) mass is 462 g/mol. The molecule has 1 aromatic carbocycles. The Kier molecular flexibility index (Phi) is 5.62. The number of rotatable bonds is 4. The Hall–Kier alpha value is -3.29. The molecule has 34 heavy (non-hydrogen) atoms. The van der Waals surface area contributed by atoms with Gasteiger partial charge in [0.15, 0.2) is 5.82 Å². The first-order valence-corrected chi connectivity index (χ1v) is 12.1. The number of hydrogen-bond acceptors (Lipinski definition) is 6. The second-order valence-electron chi connectivity index (χ2n) is 10.5. The van der Waals surface area contributed by atoms with Crippen LogP contribution in [0.25, 0.3) is 5.70 Å². The molecule has 3 aliphatic rings. The Morgan fingerprint density at radius 2 is 1.88 bits per heavy atom. The largest absolute Gasteiger partial charge is 0.444 e. The number of carbonyl (C=O) groups is 1. The molecule has 0 spiro atoms. The van der Waals surface area contributed by atoms with Crippen LogP contribution < -0.4 is 5.32 Å². The number of allylic oxidation sites excluding steroid dienone is 1. The smallest absolute Gasteiger partial charge is 0.410 e. The maximum absolute atomic E-state index is 12.5. The molecule has 180 valence electrons. The minimum absolute atomic E-state index is 0.138. The van der Waals surface area contributed by atoms with Crippen molar-refractivity contribution in [2.24, 2.45) is 0 Å². The average molecular weight is 463 g/mol. The highest BCUT2D eigenvalue weighted by Crippen LogP contribution is 2.39. The zero-order valence-corrected chi connectivity index (χ0v) is 20.7. The summed E-state index contributed by atoms with van der Waals surface area (Å²) < 4.78 is 7.80. The van der Waals surface area contributed by atoms with Gasteiger partial charge < -0.3 is 24.4 Å². The first-order valence-electron chi connectivity index (χ1n) is 12.1. The van der Waals surface area contributed by atoms with Gasteiger partial charge in [-0.3, -0.25) is 0 Å². The standard InChI is InChI=1S/C26H34N6O2/c1-17-13-23-22(31(17)15-19-9-7-6-8-10-19)14-21(24-29-28-18(2)32(23)24)27-20-11-12-30(16-20)25(33)34-26(3,4)5/h6-10,13-14,20,22-23,27H,11-12,15-16H2,1-5H3/t20-,22?,23?/m1/s1. The molecule has 1 amide bonds. The lowest BCUT2D eigenvalue weighted by Gasteiger charge is -2.35. The molecule has 1 saturated heterocycles. The van der Waals surface area contributed by atoms with E-state index in [4.69, 9.17) is 4.74 Å². The second-order valence-corrected chi connectivity index (χ2v) is 10.5. The van der Waals surface area contributed by atoms with Crippen molar-refractivity contribution < 1.29 is 9.53 Å². The maximum atomic E-state index is 12.5. The molecule has 5 rings (SSSR count). The summed E-state index contributed by atoms with van der Waals surface area (Å²) in [5.41, 5.74) is 3.04. The van der Waals surface area contributed by atoms with E-state index in [1.165, 1.54) is 11.3 Å². The van der Waals surface area contributed by atoms with E-state index in [1.54, 1.807) is 4.90 Å². The molecule has 0 bridgehead atoms. The Labute approximate surface area is 201 Å². The van der Waals surface area contributed by atoms with Crippen LogP contribution in [0.1, 0.15) is 57.4 Å². The number of aromatic nitrogens is 3. The fourth-order valence-electron chi connectivity index (χ4n) is 5.15. The third-order valence-electron chi connectivity index (χ3n) is 6.71. The summed E-state index contributed by atoms with van der Waals surface area (Å²) in [6.07, 6.45) is 5.22. The number of nitrogens with zero attached hydrogens (tertiary/aromatic N) is 5. The Balaban J connectivity index is 1.37. The number of fused-ring (bicyclic) bond motifs is 3. The maximum Gasteiger partial charge on any atom is 0.410 e. The molecule has 8 nitrogen and oxygen atoms in total. The van der Waals surface area contributed by atoms with Gasteiger partial charge in [0.25, 0.3) is 0 Å². The van der Waals surface area contributed by atoms with E-state index in [2.05, 4.69) is 74.4 Å². The topological polar surface area (TPSA) is 75.5 Å². The number of nitrogens with one attached hydrogen (secondary N) is 1. The Morgan fingerprint density at radius 1 is 1.12 bits per heavy atom. The van der Waals surface area contributed by atoms with E-state index in [1.807, 2.05) is 27.7 Å². The first-order chi connectivity index (χ1) is 16.2. The number of hydrogen-bond donors (Lipinski definition) is 1. The highest BCUT2D eigenvalue weighted by molar-refractivity contribution is 5.69. The normalized spacial score (nSPS) is 23.9. The van der Waals surface area contributed by atoms with Crippen molar-refractivity contribution in [2.75, 3.05) is 13.1 Å². The van der Waals surface area contributed by atoms with Gasteiger partial charge in [-0.2, -0.15) is 0 Å². The van der Waals surface area contributed by atoms with Crippen LogP contribution in [0.3, 0.4) is 0 Å². The van der Waals surface area contributed by atoms with Gasteiger partial charge in [0.05, 0.1) is 17.8 Å². The summed E-state index contributed by atoms with van der Waals surface area (Å²) in [5, 5.41) is 12.6. The Bertz CT molecular complexity index is 1130. The highest BCUT2D eigenvalue weighted by Gasteiger charge is 2.40. The number of carbonyl (C=O) groups excluding carboxylic acids is 1. The van der Waals surface area contributed by atoms with Crippen LogP contribution in [0.2, 0.25) is 0 Å². The molecule has 1 N–H and O–H groups in total. The van der Waals surface area contributed by atoms with Gasteiger partial charge in [-0.15, -0.1) is 10.2 Å². The summed E-state index contributed by atoms with van der Waals surface area (Å²) in [6.45, 7) is 12.0. The van der Waals surface area contributed by atoms with Gasteiger partial charge >= 0.3 is 6.09 Å². The molecule has 3 aliphatic heterocycles. The van der Waals surface area contributed by atoms with E-state index in [0.29, 0.717) is 13.1 Å². The average Bonchev–Trinajstić information content (AvgIpc) is 3.47. The minimum atomic E-state index is -0.493. The number of aryl methyl sites for hydroxylation is 1. The van der Waals surface area contributed by atoms with Crippen LogP contribution in [-0.2, 0) is 11.3 Å². The summed E-state index contributed by atoms with van der Waals surface area (Å²) >= 11 is 0. The van der Waals surface area contributed by atoms with Gasteiger partial charge in [-0.1, -0.05) is 30.3 Å². The van der Waals surface area contributed by atoms with E-state index >= 15 is 0 Å². The van der Waals surface area contributed by atoms with Gasteiger partial charge in [0.2, 0.25) is 0 Å². The molecule has 8 heteroatoms. The van der Waals surface area contributed by atoms with Crippen molar-refractivity contribution in [1.29, 1.82) is 0 Å². The van der Waals surface area contributed by atoms with Crippen molar-refractivity contribution >= 4 is 11.8 Å². The van der Waals surface area contributed by atoms with Crippen LogP contribution in [0.4, 0.5) is 4.79 Å². The summed E-state index contributed by atoms with van der Waals surface area (Å²) in [7, 11) is 0. The van der Waals surface area contributed by atoms with Crippen LogP contribution >= 0.6 is 0 Å². The molecule has 3 atom stereocenters. The molecule has 0 saturated carbocycles. The van der Waals surface area contributed by atoms with E-state index in [0.717, 1.165) is 30.3 Å². The van der Waals surface area contributed by atoms with Gasteiger partial charge in [0.1, 0.15) is 11.4 Å². The third kappa shape index (κ3) is 4.29. The lowest BCUT2D eigenvalue weighted by atomic mass is 10.0. The van der Waals surface area contributed by atoms with E-state index < -0.39 is 5.60 Å². The molecule has 0 aliphatic carbocycles. The second kappa shape index (κ2) is 8.49. The number of likely N-dealkylation sites (tertiary alicyclic amines) is 1. The number of benzene rings is 1. The summed E-state index contributed by atoms with van der Waals surface area (Å²) in [6, 6.07) is 11.1. The van der Waals surface area contributed by atoms with Crippen molar-refractivity contribution in [1.82, 2.24) is 29.9 Å². The zero-order chi connectivity index (χ0) is 24.0. The lowest BCUT2D eigenvalue weighted by Crippen LogP contribution is -2.41. The fraction of sp³-hybridized carbons (Fsp3) is 0.500. The van der Waals surface area contributed by atoms with Gasteiger partial charge in [0, 0.05) is 31.4 Å². The molecule has 2 aromatic rings. The fourth-order valence-corrected chi connectivity index (χ4v) is 5.15. The zero-order valence-electron chi connectivity index (χ0n) is 20.7. The molecule has 2 unspecified atom stereocenters. The van der Waals surface area contributed by atoms with Crippen LogP contribution in [0.5, 0.6) is 0 Å². The molecular formula is C26H34N6O2. The lowest BCUT2D eigenvalue weighted by molar-refractivity contribution is 0.0291. The molecule has 1 fully saturated rings. The summed E-state index contributed by atoms with van der Waals surface area (Å²) in [5.74, 6) is 1.77. The SMILES string of the molecule is CC1=CC2C(C=C(N[C@@H]3CCN(C(=O)OC(C)(C)C)C3)c3nnc(C)n32)N1Cc1ccccc1. The van der Waals surface area contributed by atoms with E-state index in [-0.39, 0.29) is 24.2 Å². The van der Waals surface area contributed by atoms with Gasteiger partial charge in [-0.05, 0) is 58.8 Å². The van der Waals surface area contributed by atoms with Crippen molar-refractivity contribution in [2.45, 2.75) is 71.3 Å². The van der Waals surface area contributed by atoms with E-state index in [9.17, 15) is 4.79 Å². The first kappa shape index (κ1) is 22.5. The molecular weight excluding hydrogens is 428 g/mol.